The summed E-state index contributed by atoms with van der Waals surface area (Å²) in [5, 5.41) is 22.5. The number of ether oxygens (including phenoxy) is 4. The van der Waals surface area contributed by atoms with E-state index in [2.05, 4.69) is 0 Å². The average Bonchev–Trinajstić information content (AvgIpc) is 3.08. The molecule has 5 rings (SSSR count). The van der Waals surface area contributed by atoms with Gasteiger partial charge in [-0.1, -0.05) is 72.8 Å². The number of rotatable bonds is 8. The second kappa shape index (κ2) is 13.8. The second-order valence-corrected chi connectivity index (χ2v) is 9.92. The number of hydrogen-bond donors (Lipinski definition) is 2. The van der Waals surface area contributed by atoms with Crippen LogP contribution < -0.4 is 0 Å². The van der Waals surface area contributed by atoms with Gasteiger partial charge in [0.15, 0.2) is 24.4 Å². The maximum absolute atomic E-state index is 13.3. The highest BCUT2D eigenvalue weighted by Crippen LogP contribution is 2.33. The molecule has 224 valence electrons. The summed E-state index contributed by atoms with van der Waals surface area (Å²) in [6.07, 6.45) is -10.8. The predicted octanol–water partition coefficient (Wildman–Crippen LogP) is 3.62. The summed E-state index contributed by atoms with van der Waals surface area (Å²) in [7, 11) is 0. The minimum atomic E-state index is -1.93. The first-order valence-corrected chi connectivity index (χ1v) is 13.7. The van der Waals surface area contributed by atoms with Crippen molar-refractivity contribution in [2.45, 2.75) is 36.6 Å². The molecule has 10 nitrogen and oxygen atoms in total. The van der Waals surface area contributed by atoms with Crippen molar-refractivity contribution in [1.82, 2.24) is 0 Å². The number of esters is 4. The van der Waals surface area contributed by atoms with Gasteiger partial charge in [0.25, 0.3) is 0 Å². The molecule has 0 radical (unpaired) electrons. The number of carbonyl (C=O) groups is 4. The summed E-state index contributed by atoms with van der Waals surface area (Å²) in [6, 6.07) is 31.3. The first-order chi connectivity index (χ1) is 21.3. The average molecular weight is 597 g/mol. The van der Waals surface area contributed by atoms with Crippen molar-refractivity contribution in [2.75, 3.05) is 0 Å². The zero-order valence-corrected chi connectivity index (χ0v) is 23.2. The molecule has 0 aliphatic heterocycles. The Hall–Kier alpha value is -5.32. The van der Waals surface area contributed by atoms with Crippen molar-refractivity contribution in [3.63, 3.8) is 0 Å². The first kappa shape index (κ1) is 30.1. The molecule has 0 unspecified atom stereocenters. The Kier molecular flexibility index (Phi) is 9.43. The highest BCUT2D eigenvalue weighted by molar-refractivity contribution is 5.92. The highest BCUT2D eigenvalue weighted by Gasteiger charge is 2.57. The molecule has 2 N–H and O–H groups in total. The van der Waals surface area contributed by atoms with E-state index in [9.17, 15) is 29.4 Å². The Labute approximate surface area is 252 Å². The molecule has 0 amide bonds. The highest BCUT2D eigenvalue weighted by atomic mass is 16.6. The van der Waals surface area contributed by atoms with Crippen molar-refractivity contribution in [1.29, 1.82) is 0 Å². The zero-order chi connectivity index (χ0) is 31.1. The smallest absolute Gasteiger partial charge is 0.338 e. The summed E-state index contributed by atoms with van der Waals surface area (Å²) in [5.74, 6) is -3.63. The van der Waals surface area contributed by atoms with Crippen molar-refractivity contribution in [3.8, 4) is 0 Å². The van der Waals surface area contributed by atoms with Gasteiger partial charge in [-0.15, -0.1) is 0 Å². The van der Waals surface area contributed by atoms with Gasteiger partial charge in [0.05, 0.1) is 22.3 Å². The zero-order valence-electron chi connectivity index (χ0n) is 23.2. The molecule has 4 aromatic rings. The minimum absolute atomic E-state index is 0.104. The van der Waals surface area contributed by atoms with E-state index < -0.39 is 60.5 Å². The van der Waals surface area contributed by atoms with Crippen LogP contribution in [0.3, 0.4) is 0 Å². The predicted molar refractivity (Wildman–Crippen MR) is 155 cm³/mol. The van der Waals surface area contributed by atoms with Crippen LogP contribution in [0.5, 0.6) is 0 Å². The summed E-state index contributed by atoms with van der Waals surface area (Å²) >= 11 is 0. The normalized spacial score (nSPS) is 22.7. The summed E-state index contributed by atoms with van der Waals surface area (Å²) in [4.78, 5) is 52.8. The van der Waals surface area contributed by atoms with Gasteiger partial charge >= 0.3 is 23.9 Å². The van der Waals surface area contributed by atoms with Crippen molar-refractivity contribution in [3.05, 3.63) is 144 Å². The van der Waals surface area contributed by atoms with E-state index in [4.69, 9.17) is 18.9 Å². The summed E-state index contributed by atoms with van der Waals surface area (Å²) in [6.45, 7) is 0. The first-order valence-electron chi connectivity index (χ1n) is 13.7. The number of benzene rings is 4. The minimum Gasteiger partial charge on any atom is -0.452 e. The van der Waals surface area contributed by atoms with E-state index in [-0.39, 0.29) is 22.3 Å². The molecule has 1 aliphatic carbocycles. The van der Waals surface area contributed by atoms with Crippen molar-refractivity contribution < 1.29 is 48.3 Å². The molecule has 0 bridgehead atoms. The Balaban J connectivity index is 1.55. The Morgan fingerprint density at radius 1 is 0.364 bits per heavy atom. The Bertz CT molecular complexity index is 1460. The van der Waals surface area contributed by atoms with Crippen LogP contribution >= 0.6 is 0 Å². The van der Waals surface area contributed by atoms with Gasteiger partial charge in [-0.3, -0.25) is 0 Å². The quantitative estimate of drug-likeness (QED) is 0.228. The largest absolute Gasteiger partial charge is 0.452 e. The van der Waals surface area contributed by atoms with E-state index in [1.807, 2.05) is 0 Å². The lowest BCUT2D eigenvalue weighted by Crippen LogP contribution is -2.67. The van der Waals surface area contributed by atoms with Gasteiger partial charge in [-0.2, -0.15) is 0 Å². The van der Waals surface area contributed by atoms with Crippen LogP contribution in [0.25, 0.3) is 0 Å². The summed E-state index contributed by atoms with van der Waals surface area (Å²) in [5.41, 5.74) is 0.426. The fourth-order valence-corrected chi connectivity index (χ4v) is 4.76. The van der Waals surface area contributed by atoms with Gasteiger partial charge < -0.3 is 29.2 Å². The molecule has 0 spiro atoms. The Morgan fingerprint density at radius 3 is 0.795 bits per heavy atom. The third-order valence-corrected chi connectivity index (χ3v) is 7.00. The van der Waals surface area contributed by atoms with Crippen LogP contribution in [0.4, 0.5) is 0 Å². The van der Waals surface area contributed by atoms with Gasteiger partial charge in [-0.05, 0) is 48.5 Å². The standard InChI is InChI=1S/C34H28O10/c35-25-26(36)28(42-32(38)22-15-7-2-8-16-22)30(44-34(40)24-19-11-4-12-20-24)29(43-33(39)23-17-9-3-10-18-23)27(25)41-31(37)21-13-5-1-6-14-21/h1-20,25-30,35-36H/t25-,26+,27-,28-,29-,30+/m0/s1. The molecule has 44 heavy (non-hydrogen) atoms. The summed E-state index contributed by atoms with van der Waals surface area (Å²) < 4.78 is 22.7. The van der Waals surface area contributed by atoms with Gasteiger partial charge in [-0.25, -0.2) is 19.2 Å². The van der Waals surface area contributed by atoms with Crippen molar-refractivity contribution >= 4 is 23.9 Å². The van der Waals surface area contributed by atoms with E-state index in [1.165, 1.54) is 48.5 Å². The van der Waals surface area contributed by atoms with Crippen LogP contribution in [0.1, 0.15) is 41.4 Å². The molecular formula is C34H28O10. The van der Waals surface area contributed by atoms with Gasteiger partial charge in [0.1, 0.15) is 12.2 Å². The Morgan fingerprint density at radius 2 is 0.568 bits per heavy atom. The molecule has 0 heterocycles. The molecule has 6 atom stereocenters. The third kappa shape index (κ3) is 6.83. The molecule has 1 aliphatic rings. The number of aliphatic hydroxyl groups excluding tert-OH is 2. The molecule has 4 aromatic carbocycles. The number of hydrogen-bond acceptors (Lipinski definition) is 10. The molecule has 0 saturated heterocycles. The molecular weight excluding hydrogens is 568 g/mol. The number of aliphatic hydroxyl groups is 2. The molecule has 1 saturated carbocycles. The maximum Gasteiger partial charge on any atom is 0.338 e. The SMILES string of the molecule is O=C(O[C@@H]1[C@H](OC(=O)c2ccccc2)[C@@H](OC(=O)c2ccccc2)[C@H](O)[C@H](O)[C@@H]1OC(=O)c1ccccc1)c1ccccc1. The maximum atomic E-state index is 13.3. The fourth-order valence-electron chi connectivity index (χ4n) is 4.76. The van der Waals surface area contributed by atoms with Crippen LogP contribution in [0.15, 0.2) is 121 Å². The lowest BCUT2D eigenvalue weighted by molar-refractivity contribution is -0.223. The van der Waals surface area contributed by atoms with Crippen molar-refractivity contribution in [2.24, 2.45) is 0 Å². The third-order valence-electron chi connectivity index (χ3n) is 7.00. The number of carbonyl (C=O) groups excluding carboxylic acids is 4. The van der Waals surface area contributed by atoms with E-state index in [1.54, 1.807) is 72.8 Å². The van der Waals surface area contributed by atoms with Crippen LogP contribution in [0, 0.1) is 0 Å². The van der Waals surface area contributed by atoms with Gasteiger partial charge in [0.2, 0.25) is 0 Å². The van der Waals surface area contributed by atoms with Gasteiger partial charge in [0, 0.05) is 0 Å². The lowest BCUT2D eigenvalue weighted by atomic mass is 9.84. The van der Waals surface area contributed by atoms with E-state index >= 15 is 0 Å². The second-order valence-electron chi connectivity index (χ2n) is 9.92. The molecule has 1 fully saturated rings. The molecule has 10 heteroatoms. The van der Waals surface area contributed by atoms with Crippen LogP contribution in [-0.2, 0) is 18.9 Å². The topological polar surface area (TPSA) is 146 Å². The lowest BCUT2D eigenvalue weighted by Gasteiger charge is -2.45. The van der Waals surface area contributed by atoms with E-state index in [0.29, 0.717) is 0 Å². The van der Waals surface area contributed by atoms with Crippen LogP contribution in [-0.4, -0.2) is 70.7 Å². The monoisotopic (exact) mass is 596 g/mol. The van der Waals surface area contributed by atoms with E-state index in [0.717, 1.165) is 0 Å². The molecule has 0 aromatic heterocycles. The fraction of sp³-hybridized carbons (Fsp3) is 0.176. The van der Waals surface area contributed by atoms with Crippen LogP contribution in [0.2, 0.25) is 0 Å².